The van der Waals surface area contributed by atoms with Gasteiger partial charge in [0.1, 0.15) is 0 Å². The molecule has 0 aromatic heterocycles. The summed E-state index contributed by atoms with van der Waals surface area (Å²) < 4.78 is 0. The van der Waals surface area contributed by atoms with Crippen molar-refractivity contribution in [3.63, 3.8) is 0 Å². The maximum atomic E-state index is 12.4. The molecule has 1 aliphatic heterocycles. The van der Waals surface area contributed by atoms with E-state index >= 15 is 0 Å². The molecule has 2 aromatic rings. The predicted octanol–water partition coefficient (Wildman–Crippen LogP) is 2.46. The molecule has 1 fully saturated rings. The van der Waals surface area contributed by atoms with Crippen molar-refractivity contribution in [1.82, 2.24) is 15.1 Å². The fourth-order valence-corrected chi connectivity index (χ4v) is 3.13. The van der Waals surface area contributed by atoms with Gasteiger partial charge in [0.2, 0.25) is 5.91 Å². The molecule has 3 amide bonds. The van der Waals surface area contributed by atoms with Crippen molar-refractivity contribution in [1.29, 1.82) is 0 Å². The Morgan fingerprint density at radius 2 is 1.59 bits per heavy atom. The van der Waals surface area contributed by atoms with Crippen molar-refractivity contribution in [3.05, 3.63) is 65.7 Å². The summed E-state index contributed by atoms with van der Waals surface area (Å²) in [6.07, 6.45) is 0. The highest BCUT2D eigenvalue weighted by molar-refractivity contribution is 5.92. The third-order valence-electron chi connectivity index (χ3n) is 4.78. The molecule has 0 aliphatic carbocycles. The number of hydrogen-bond donors (Lipinski definition) is 2. The van der Waals surface area contributed by atoms with Gasteiger partial charge in [0, 0.05) is 38.4 Å². The van der Waals surface area contributed by atoms with E-state index in [9.17, 15) is 9.59 Å². The standard InChI is InChI=1S/C21H26N4O2/c1-17-7-5-6-8-18(17)15-22-21(27)25-13-11-24(12-14-25)16-20(26)23-19-9-3-2-4-10-19/h2-10H,11-16H2,1H3,(H,22,27)(H,23,26). The lowest BCUT2D eigenvalue weighted by Gasteiger charge is -2.34. The highest BCUT2D eigenvalue weighted by atomic mass is 16.2. The Bertz CT molecular complexity index is 771. The molecule has 2 aromatic carbocycles. The van der Waals surface area contributed by atoms with Crippen LogP contribution in [0.25, 0.3) is 0 Å². The maximum absolute atomic E-state index is 12.4. The Hall–Kier alpha value is -2.86. The van der Waals surface area contributed by atoms with Crippen molar-refractivity contribution in [2.45, 2.75) is 13.5 Å². The number of nitrogens with zero attached hydrogens (tertiary/aromatic N) is 2. The SMILES string of the molecule is Cc1ccccc1CNC(=O)N1CCN(CC(=O)Nc2ccccc2)CC1. The predicted molar refractivity (Wildman–Crippen MR) is 106 cm³/mol. The molecule has 3 rings (SSSR count). The fraction of sp³-hybridized carbons (Fsp3) is 0.333. The Labute approximate surface area is 160 Å². The van der Waals surface area contributed by atoms with Gasteiger partial charge in [-0.1, -0.05) is 42.5 Å². The Morgan fingerprint density at radius 1 is 0.926 bits per heavy atom. The lowest BCUT2D eigenvalue weighted by atomic mass is 10.1. The quantitative estimate of drug-likeness (QED) is 0.854. The summed E-state index contributed by atoms with van der Waals surface area (Å²) in [6, 6.07) is 17.4. The smallest absolute Gasteiger partial charge is 0.317 e. The summed E-state index contributed by atoms with van der Waals surface area (Å²) in [5.41, 5.74) is 3.10. The molecule has 0 spiro atoms. The molecule has 6 heteroatoms. The third-order valence-corrected chi connectivity index (χ3v) is 4.78. The van der Waals surface area contributed by atoms with E-state index < -0.39 is 0 Å². The molecule has 0 saturated carbocycles. The van der Waals surface area contributed by atoms with Crippen molar-refractivity contribution in [2.24, 2.45) is 0 Å². The maximum Gasteiger partial charge on any atom is 0.317 e. The average molecular weight is 366 g/mol. The van der Waals surface area contributed by atoms with Crippen LogP contribution >= 0.6 is 0 Å². The van der Waals surface area contributed by atoms with Crippen LogP contribution in [0.2, 0.25) is 0 Å². The molecule has 0 radical (unpaired) electrons. The number of para-hydroxylation sites is 1. The average Bonchev–Trinajstić information content (AvgIpc) is 2.68. The number of piperazine rings is 1. The second-order valence-corrected chi connectivity index (χ2v) is 6.76. The van der Waals surface area contributed by atoms with E-state index in [0.29, 0.717) is 39.3 Å². The molecule has 0 atom stereocenters. The van der Waals surface area contributed by atoms with E-state index in [1.54, 1.807) is 0 Å². The van der Waals surface area contributed by atoms with Crippen LogP contribution in [0.5, 0.6) is 0 Å². The molecule has 27 heavy (non-hydrogen) atoms. The van der Waals surface area contributed by atoms with Crippen LogP contribution in [0.3, 0.4) is 0 Å². The molecular formula is C21H26N4O2. The summed E-state index contributed by atoms with van der Waals surface area (Å²) in [5.74, 6) is -0.0290. The topological polar surface area (TPSA) is 64.7 Å². The highest BCUT2D eigenvalue weighted by Crippen LogP contribution is 2.08. The molecule has 1 aliphatic rings. The van der Waals surface area contributed by atoms with E-state index in [-0.39, 0.29) is 11.9 Å². The lowest BCUT2D eigenvalue weighted by molar-refractivity contribution is -0.117. The van der Waals surface area contributed by atoms with Gasteiger partial charge >= 0.3 is 6.03 Å². The first kappa shape index (κ1) is 18.9. The zero-order chi connectivity index (χ0) is 19.1. The van der Waals surface area contributed by atoms with Crippen LogP contribution in [-0.4, -0.2) is 54.5 Å². The number of hydrogen-bond acceptors (Lipinski definition) is 3. The number of anilines is 1. The molecular weight excluding hydrogens is 340 g/mol. The number of carbonyl (C=O) groups excluding carboxylic acids is 2. The molecule has 1 heterocycles. The molecule has 142 valence electrons. The van der Waals surface area contributed by atoms with E-state index in [2.05, 4.69) is 15.5 Å². The van der Waals surface area contributed by atoms with Gasteiger partial charge in [-0.3, -0.25) is 9.69 Å². The van der Waals surface area contributed by atoms with Crippen molar-refractivity contribution in [2.75, 3.05) is 38.0 Å². The van der Waals surface area contributed by atoms with Crippen LogP contribution in [0, 0.1) is 6.92 Å². The number of benzene rings is 2. The van der Waals surface area contributed by atoms with Gasteiger partial charge < -0.3 is 15.5 Å². The van der Waals surface area contributed by atoms with Crippen LogP contribution < -0.4 is 10.6 Å². The summed E-state index contributed by atoms with van der Waals surface area (Å²) in [4.78, 5) is 28.4. The van der Waals surface area contributed by atoms with Crippen molar-refractivity contribution >= 4 is 17.6 Å². The first-order valence-corrected chi connectivity index (χ1v) is 9.26. The van der Waals surface area contributed by atoms with Gasteiger partial charge in [-0.15, -0.1) is 0 Å². The summed E-state index contributed by atoms with van der Waals surface area (Å²) in [5, 5.41) is 5.88. The van der Waals surface area contributed by atoms with Gasteiger partial charge in [-0.05, 0) is 30.2 Å². The number of urea groups is 1. The lowest BCUT2D eigenvalue weighted by Crippen LogP contribution is -2.52. The molecule has 2 N–H and O–H groups in total. The zero-order valence-electron chi connectivity index (χ0n) is 15.6. The Morgan fingerprint density at radius 3 is 2.30 bits per heavy atom. The Kier molecular flexibility index (Phi) is 6.44. The van der Waals surface area contributed by atoms with Gasteiger partial charge in [0.25, 0.3) is 0 Å². The van der Waals surface area contributed by atoms with Crippen LogP contribution in [-0.2, 0) is 11.3 Å². The molecule has 1 saturated heterocycles. The second kappa shape index (κ2) is 9.19. The van der Waals surface area contributed by atoms with E-state index in [4.69, 9.17) is 0 Å². The minimum absolute atomic E-state index is 0.0290. The van der Waals surface area contributed by atoms with E-state index in [1.165, 1.54) is 5.56 Å². The van der Waals surface area contributed by atoms with Crippen LogP contribution in [0.1, 0.15) is 11.1 Å². The number of amides is 3. The fourth-order valence-electron chi connectivity index (χ4n) is 3.13. The minimum atomic E-state index is -0.0494. The summed E-state index contributed by atoms with van der Waals surface area (Å²) >= 11 is 0. The first-order chi connectivity index (χ1) is 13.1. The van der Waals surface area contributed by atoms with Gasteiger partial charge in [-0.25, -0.2) is 4.79 Å². The first-order valence-electron chi connectivity index (χ1n) is 9.26. The number of aryl methyl sites for hydroxylation is 1. The van der Waals surface area contributed by atoms with Gasteiger partial charge in [0.05, 0.1) is 6.54 Å². The monoisotopic (exact) mass is 366 g/mol. The van der Waals surface area contributed by atoms with Gasteiger partial charge in [0.15, 0.2) is 0 Å². The van der Waals surface area contributed by atoms with Crippen molar-refractivity contribution in [3.8, 4) is 0 Å². The van der Waals surface area contributed by atoms with Gasteiger partial charge in [-0.2, -0.15) is 0 Å². The zero-order valence-corrected chi connectivity index (χ0v) is 15.6. The molecule has 6 nitrogen and oxygen atoms in total. The summed E-state index contributed by atoms with van der Waals surface area (Å²) in [6.45, 7) is 5.55. The minimum Gasteiger partial charge on any atom is -0.334 e. The van der Waals surface area contributed by atoms with E-state index in [1.807, 2.05) is 66.4 Å². The second-order valence-electron chi connectivity index (χ2n) is 6.76. The number of carbonyl (C=O) groups is 2. The molecule has 0 bridgehead atoms. The van der Waals surface area contributed by atoms with E-state index in [0.717, 1.165) is 11.3 Å². The van der Waals surface area contributed by atoms with Crippen molar-refractivity contribution < 1.29 is 9.59 Å². The third kappa shape index (κ3) is 5.56. The largest absolute Gasteiger partial charge is 0.334 e. The van der Waals surface area contributed by atoms with Crippen LogP contribution in [0.4, 0.5) is 10.5 Å². The number of rotatable bonds is 5. The number of nitrogens with one attached hydrogen (secondary N) is 2. The van der Waals surface area contributed by atoms with Crippen LogP contribution in [0.15, 0.2) is 54.6 Å². The Balaban J connectivity index is 1.40. The molecule has 0 unspecified atom stereocenters. The highest BCUT2D eigenvalue weighted by Gasteiger charge is 2.22. The normalized spacial score (nSPS) is 14.6. The summed E-state index contributed by atoms with van der Waals surface area (Å²) in [7, 11) is 0.